The second-order valence-electron chi connectivity index (χ2n) is 5.99. The topological polar surface area (TPSA) is 30.5 Å². The molecule has 1 atom stereocenters. The van der Waals surface area contributed by atoms with Gasteiger partial charge < -0.3 is 14.8 Å². The van der Waals surface area contributed by atoms with Crippen molar-refractivity contribution in [2.75, 3.05) is 13.2 Å². The minimum absolute atomic E-state index is 0.0572. The third-order valence-corrected chi connectivity index (χ3v) is 4.21. The fourth-order valence-electron chi connectivity index (χ4n) is 2.74. The number of rotatable bonds is 4. The van der Waals surface area contributed by atoms with Gasteiger partial charge in [0.1, 0.15) is 12.7 Å². The van der Waals surface area contributed by atoms with Crippen LogP contribution in [0.5, 0.6) is 11.5 Å². The van der Waals surface area contributed by atoms with Crippen molar-refractivity contribution in [3.05, 3.63) is 58.7 Å². The Morgan fingerprint density at radius 1 is 1.00 bits per heavy atom. The van der Waals surface area contributed by atoms with E-state index >= 15 is 0 Å². The second kappa shape index (κ2) is 6.41. The first-order valence-corrected chi connectivity index (χ1v) is 7.79. The molecule has 1 heterocycles. The van der Waals surface area contributed by atoms with Crippen molar-refractivity contribution in [2.45, 2.75) is 33.4 Å². The molecule has 3 heteroatoms. The average molecular weight is 297 g/mol. The molecule has 22 heavy (non-hydrogen) atoms. The molecule has 0 spiro atoms. The summed E-state index contributed by atoms with van der Waals surface area (Å²) in [5.74, 6) is 1.67. The van der Waals surface area contributed by atoms with Gasteiger partial charge in [-0.1, -0.05) is 24.3 Å². The van der Waals surface area contributed by atoms with E-state index in [-0.39, 0.29) is 6.10 Å². The Kier molecular flexibility index (Phi) is 4.34. The molecule has 1 N–H and O–H groups in total. The van der Waals surface area contributed by atoms with Crippen molar-refractivity contribution in [3.8, 4) is 11.5 Å². The molecular weight excluding hydrogens is 274 g/mol. The zero-order valence-corrected chi connectivity index (χ0v) is 13.5. The maximum absolute atomic E-state index is 5.96. The van der Waals surface area contributed by atoms with E-state index in [1.165, 1.54) is 22.3 Å². The molecule has 0 amide bonds. The lowest BCUT2D eigenvalue weighted by atomic mass is 10.0. The molecule has 0 fully saturated rings. The molecule has 1 unspecified atom stereocenters. The summed E-state index contributed by atoms with van der Waals surface area (Å²) in [5, 5.41) is 3.48. The Morgan fingerprint density at radius 2 is 1.73 bits per heavy atom. The highest BCUT2D eigenvalue weighted by Gasteiger charge is 2.20. The molecule has 2 aromatic carbocycles. The summed E-state index contributed by atoms with van der Waals surface area (Å²) in [6.07, 6.45) is 0.0572. The van der Waals surface area contributed by atoms with Gasteiger partial charge in [0.15, 0.2) is 11.5 Å². The van der Waals surface area contributed by atoms with Crippen LogP contribution >= 0.6 is 0 Å². The normalized spacial score (nSPS) is 16.6. The van der Waals surface area contributed by atoms with Gasteiger partial charge in [0, 0.05) is 13.1 Å². The van der Waals surface area contributed by atoms with Gasteiger partial charge >= 0.3 is 0 Å². The van der Waals surface area contributed by atoms with Crippen LogP contribution in [-0.2, 0) is 6.54 Å². The molecule has 0 bridgehead atoms. The Bertz CT molecular complexity index is 666. The summed E-state index contributed by atoms with van der Waals surface area (Å²) in [6, 6.07) is 12.3. The predicted octanol–water partition coefficient (Wildman–Crippen LogP) is 3.54. The maximum Gasteiger partial charge on any atom is 0.161 e. The number of para-hydroxylation sites is 2. The highest BCUT2D eigenvalue weighted by Crippen LogP contribution is 2.30. The standard InChI is InChI=1S/C19H23NO2/c1-13-8-15(3)16(9-14(13)2)10-20-11-17-12-21-18-6-4-5-7-19(18)22-17/h4-9,17,20H,10-12H2,1-3H3. The minimum Gasteiger partial charge on any atom is -0.486 e. The lowest BCUT2D eigenvalue weighted by Gasteiger charge is -2.26. The van der Waals surface area contributed by atoms with Crippen molar-refractivity contribution in [3.63, 3.8) is 0 Å². The molecular formula is C19H23NO2. The smallest absolute Gasteiger partial charge is 0.161 e. The second-order valence-corrected chi connectivity index (χ2v) is 5.99. The van der Waals surface area contributed by atoms with Crippen LogP contribution in [0, 0.1) is 20.8 Å². The van der Waals surface area contributed by atoms with Gasteiger partial charge in [-0.15, -0.1) is 0 Å². The van der Waals surface area contributed by atoms with Gasteiger partial charge in [0.2, 0.25) is 0 Å². The molecule has 0 radical (unpaired) electrons. The third-order valence-electron chi connectivity index (χ3n) is 4.21. The van der Waals surface area contributed by atoms with E-state index in [0.717, 1.165) is 24.6 Å². The van der Waals surface area contributed by atoms with Crippen molar-refractivity contribution < 1.29 is 9.47 Å². The van der Waals surface area contributed by atoms with Crippen molar-refractivity contribution in [2.24, 2.45) is 0 Å². The highest BCUT2D eigenvalue weighted by molar-refractivity contribution is 5.40. The van der Waals surface area contributed by atoms with Crippen LogP contribution in [-0.4, -0.2) is 19.3 Å². The quantitative estimate of drug-likeness (QED) is 0.936. The van der Waals surface area contributed by atoms with Gasteiger partial charge in [-0.05, 0) is 55.2 Å². The summed E-state index contributed by atoms with van der Waals surface area (Å²) in [5.41, 5.74) is 5.37. The van der Waals surface area contributed by atoms with Gasteiger partial charge in [0.05, 0.1) is 0 Å². The summed E-state index contributed by atoms with van der Waals surface area (Å²) in [6.45, 7) is 8.71. The number of aryl methyl sites for hydroxylation is 3. The van der Waals surface area contributed by atoms with E-state index in [2.05, 4.69) is 38.2 Å². The molecule has 0 aliphatic carbocycles. The molecule has 0 aromatic heterocycles. The summed E-state index contributed by atoms with van der Waals surface area (Å²) in [4.78, 5) is 0. The van der Waals surface area contributed by atoms with Crippen LogP contribution in [0.1, 0.15) is 22.3 Å². The Hall–Kier alpha value is -2.00. The van der Waals surface area contributed by atoms with E-state index in [1.807, 2.05) is 24.3 Å². The maximum atomic E-state index is 5.96. The lowest BCUT2D eigenvalue weighted by molar-refractivity contribution is 0.0902. The van der Waals surface area contributed by atoms with Crippen molar-refractivity contribution >= 4 is 0 Å². The van der Waals surface area contributed by atoms with E-state index in [4.69, 9.17) is 9.47 Å². The van der Waals surface area contributed by atoms with Gasteiger partial charge in [-0.2, -0.15) is 0 Å². The number of nitrogens with one attached hydrogen (secondary N) is 1. The third kappa shape index (κ3) is 3.25. The number of hydrogen-bond acceptors (Lipinski definition) is 3. The van der Waals surface area contributed by atoms with Crippen molar-refractivity contribution in [1.29, 1.82) is 0 Å². The van der Waals surface area contributed by atoms with Crippen LogP contribution in [0.25, 0.3) is 0 Å². The summed E-state index contributed by atoms with van der Waals surface area (Å²) in [7, 11) is 0. The largest absolute Gasteiger partial charge is 0.486 e. The monoisotopic (exact) mass is 297 g/mol. The summed E-state index contributed by atoms with van der Waals surface area (Å²) < 4.78 is 11.7. The van der Waals surface area contributed by atoms with Gasteiger partial charge in [-0.25, -0.2) is 0 Å². The first-order chi connectivity index (χ1) is 10.6. The Morgan fingerprint density at radius 3 is 2.55 bits per heavy atom. The molecule has 2 aromatic rings. The Labute approximate surface area is 132 Å². The molecule has 0 saturated carbocycles. The number of hydrogen-bond donors (Lipinski definition) is 1. The van der Waals surface area contributed by atoms with Crippen LogP contribution in [0.4, 0.5) is 0 Å². The lowest BCUT2D eigenvalue weighted by Crippen LogP contribution is -2.38. The SMILES string of the molecule is Cc1cc(C)c(CNCC2COc3ccccc3O2)cc1C. The molecule has 116 valence electrons. The highest BCUT2D eigenvalue weighted by atomic mass is 16.6. The van der Waals surface area contributed by atoms with Crippen LogP contribution in [0.2, 0.25) is 0 Å². The first-order valence-electron chi connectivity index (χ1n) is 7.79. The fourth-order valence-corrected chi connectivity index (χ4v) is 2.74. The molecule has 3 nitrogen and oxygen atoms in total. The van der Waals surface area contributed by atoms with E-state index < -0.39 is 0 Å². The number of ether oxygens (including phenoxy) is 2. The molecule has 1 aliphatic heterocycles. The fraction of sp³-hybridized carbons (Fsp3) is 0.368. The predicted molar refractivity (Wildman–Crippen MR) is 88.7 cm³/mol. The van der Waals surface area contributed by atoms with Crippen LogP contribution < -0.4 is 14.8 Å². The first kappa shape index (κ1) is 14.9. The Balaban J connectivity index is 1.55. The van der Waals surface area contributed by atoms with E-state index in [9.17, 15) is 0 Å². The minimum atomic E-state index is 0.0572. The van der Waals surface area contributed by atoms with E-state index in [1.54, 1.807) is 0 Å². The van der Waals surface area contributed by atoms with Gasteiger partial charge in [0.25, 0.3) is 0 Å². The zero-order valence-electron chi connectivity index (χ0n) is 13.5. The van der Waals surface area contributed by atoms with Crippen LogP contribution in [0.3, 0.4) is 0 Å². The number of fused-ring (bicyclic) bond motifs is 1. The van der Waals surface area contributed by atoms with Crippen LogP contribution in [0.15, 0.2) is 36.4 Å². The molecule has 0 saturated heterocycles. The van der Waals surface area contributed by atoms with E-state index in [0.29, 0.717) is 6.61 Å². The van der Waals surface area contributed by atoms with Crippen molar-refractivity contribution in [1.82, 2.24) is 5.32 Å². The molecule has 1 aliphatic rings. The van der Waals surface area contributed by atoms with Gasteiger partial charge in [-0.3, -0.25) is 0 Å². The summed E-state index contributed by atoms with van der Waals surface area (Å²) >= 11 is 0. The molecule has 3 rings (SSSR count). The number of benzene rings is 2. The average Bonchev–Trinajstić information content (AvgIpc) is 2.52. The zero-order chi connectivity index (χ0) is 15.5.